The molecule has 3 aromatic carbocycles. The molecule has 0 unspecified atom stereocenters. The van der Waals surface area contributed by atoms with Crippen molar-refractivity contribution in [2.45, 2.75) is 12.4 Å². The highest BCUT2D eigenvalue weighted by Gasteiger charge is 2.39. The van der Waals surface area contributed by atoms with E-state index in [1.165, 1.54) is 18.2 Å². The highest BCUT2D eigenvalue weighted by atomic mass is 19.4. The molecule has 0 aliphatic carbocycles. The highest BCUT2D eigenvalue weighted by Crippen LogP contribution is 2.38. The lowest BCUT2D eigenvalue weighted by molar-refractivity contribution is -0.143. The number of alkyl halides is 6. The van der Waals surface area contributed by atoms with Crippen molar-refractivity contribution in [2.24, 2.45) is 0 Å². The zero-order chi connectivity index (χ0) is 27.1. The lowest BCUT2D eigenvalue weighted by Crippen LogP contribution is -2.17. The van der Waals surface area contributed by atoms with Gasteiger partial charge in [-0.05, 0) is 24.3 Å². The Hall–Kier alpha value is -4.85. The van der Waals surface area contributed by atoms with Gasteiger partial charge in [-0.25, -0.2) is 9.36 Å². The summed E-state index contributed by atoms with van der Waals surface area (Å²) in [4.78, 5) is 0. The van der Waals surface area contributed by atoms with E-state index in [1.807, 2.05) is 0 Å². The van der Waals surface area contributed by atoms with Crippen LogP contribution in [0.3, 0.4) is 0 Å². The molecule has 0 N–H and O–H groups in total. The third kappa shape index (κ3) is 4.52. The van der Waals surface area contributed by atoms with Gasteiger partial charge in [0.1, 0.15) is 23.0 Å². The molecular formula is C27H15F6N5. The van der Waals surface area contributed by atoms with Crippen LogP contribution in [0.15, 0.2) is 91.0 Å². The summed E-state index contributed by atoms with van der Waals surface area (Å²) in [6.07, 6.45) is -9.74. The minimum Gasteiger partial charge on any atom is -0.227 e. The maximum Gasteiger partial charge on any atom is 0.433 e. The number of aromatic nitrogens is 4. The molecule has 0 aliphatic heterocycles. The quantitative estimate of drug-likeness (QED) is 0.232. The summed E-state index contributed by atoms with van der Waals surface area (Å²) >= 11 is 0. The Morgan fingerprint density at radius 1 is 0.579 bits per heavy atom. The molecular weight excluding hydrogens is 508 g/mol. The monoisotopic (exact) mass is 523 g/mol. The number of rotatable bonds is 4. The fraction of sp³-hybridized carbons (Fsp3) is 0.0741. The smallest absolute Gasteiger partial charge is 0.227 e. The fourth-order valence-corrected chi connectivity index (χ4v) is 4.03. The lowest BCUT2D eigenvalue weighted by Gasteiger charge is -2.15. The summed E-state index contributed by atoms with van der Waals surface area (Å²) in [5.41, 5.74) is -2.78. The normalized spacial score (nSPS) is 11.9. The van der Waals surface area contributed by atoms with E-state index in [-0.39, 0.29) is 22.8 Å². The summed E-state index contributed by atoms with van der Waals surface area (Å²) in [5, 5.41) is 18.1. The van der Waals surface area contributed by atoms with E-state index in [2.05, 4.69) is 10.2 Å². The molecule has 38 heavy (non-hydrogen) atoms. The summed E-state index contributed by atoms with van der Waals surface area (Å²) in [7, 11) is 0. The first-order valence-corrected chi connectivity index (χ1v) is 11.1. The fourth-order valence-electron chi connectivity index (χ4n) is 4.03. The van der Waals surface area contributed by atoms with Gasteiger partial charge in [-0.15, -0.1) is 0 Å². The minimum absolute atomic E-state index is 0.0198. The van der Waals surface area contributed by atoms with Gasteiger partial charge in [-0.3, -0.25) is 0 Å². The molecule has 0 amide bonds. The van der Waals surface area contributed by atoms with E-state index in [1.54, 1.807) is 66.7 Å². The molecule has 5 rings (SSSR count). The van der Waals surface area contributed by atoms with Gasteiger partial charge < -0.3 is 0 Å². The molecule has 0 aliphatic rings. The zero-order valence-electron chi connectivity index (χ0n) is 19.2. The average molecular weight is 523 g/mol. The molecule has 5 aromatic rings. The Morgan fingerprint density at radius 2 is 0.974 bits per heavy atom. The molecule has 2 aromatic heterocycles. The molecule has 0 fully saturated rings. The molecule has 0 saturated carbocycles. The van der Waals surface area contributed by atoms with Crippen molar-refractivity contribution in [1.82, 2.24) is 19.6 Å². The first kappa shape index (κ1) is 24.8. The third-order valence-corrected chi connectivity index (χ3v) is 5.73. The standard InChI is InChI=1S/C27H15F6N5/c28-26(29,30)24-14-20(17-8-3-1-4-9-17)35-37(24)22-12-7-13-23(19(22)16-34)38-25(27(31,32)33)15-21(36-38)18-10-5-2-6-11-18/h1-15H. The maximum atomic E-state index is 14.0. The molecule has 11 heteroatoms. The maximum absolute atomic E-state index is 14.0. The molecule has 2 heterocycles. The Bertz CT molecular complexity index is 1530. The van der Waals surface area contributed by atoms with Crippen LogP contribution in [0, 0.1) is 11.3 Å². The van der Waals surface area contributed by atoms with Crippen LogP contribution < -0.4 is 0 Å². The molecule has 5 nitrogen and oxygen atoms in total. The van der Waals surface area contributed by atoms with E-state index in [0.717, 1.165) is 12.1 Å². The van der Waals surface area contributed by atoms with Crippen molar-refractivity contribution < 1.29 is 26.3 Å². The van der Waals surface area contributed by atoms with E-state index in [0.29, 0.717) is 20.5 Å². The van der Waals surface area contributed by atoms with Crippen LogP contribution in [0.2, 0.25) is 0 Å². The van der Waals surface area contributed by atoms with Crippen molar-refractivity contribution in [3.8, 4) is 40.0 Å². The van der Waals surface area contributed by atoms with Gasteiger partial charge in [0.25, 0.3) is 0 Å². The highest BCUT2D eigenvalue weighted by molar-refractivity contribution is 5.66. The van der Waals surface area contributed by atoms with E-state index >= 15 is 0 Å². The van der Waals surface area contributed by atoms with Gasteiger partial charge in [-0.1, -0.05) is 66.7 Å². The largest absolute Gasteiger partial charge is 0.433 e. The predicted molar refractivity (Wildman–Crippen MR) is 126 cm³/mol. The van der Waals surface area contributed by atoms with Crippen LogP contribution in [0.1, 0.15) is 17.0 Å². The average Bonchev–Trinajstić information content (AvgIpc) is 3.55. The first-order chi connectivity index (χ1) is 18.1. The lowest BCUT2D eigenvalue weighted by atomic mass is 10.1. The SMILES string of the molecule is N#Cc1c(-n2nc(-c3ccccc3)cc2C(F)(F)F)cccc1-n1nc(-c2ccccc2)cc1C(F)(F)F. The van der Waals surface area contributed by atoms with Crippen LogP contribution in [0.25, 0.3) is 33.9 Å². The Labute approximate surface area is 211 Å². The van der Waals surface area contributed by atoms with Gasteiger partial charge in [-0.2, -0.15) is 41.8 Å². The first-order valence-electron chi connectivity index (χ1n) is 11.1. The second-order valence-corrected chi connectivity index (χ2v) is 8.16. The molecule has 0 bridgehead atoms. The number of hydrogen-bond acceptors (Lipinski definition) is 3. The van der Waals surface area contributed by atoms with Crippen molar-refractivity contribution in [3.05, 3.63) is 108 Å². The second-order valence-electron chi connectivity index (χ2n) is 8.16. The summed E-state index contributed by atoms with van der Waals surface area (Å²) in [6, 6.07) is 23.2. The topological polar surface area (TPSA) is 59.4 Å². The predicted octanol–water partition coefficient (Wildman–Crippen LogP) is 7.30. The second kappa shape index (κ2) is 9.23. The Balaban J connectivity index is 1.74. The number of nitriles is 1. The Kier molecular flexibility index (Phi) is 6.03. The van der Waals surface area contributed by atoms with Gasteiger partial charge in [0.2, 0.25) is 0 Å². The van der Waals surface area contributed by atoms with E-state index in [4.69, 9.17) is 0 Å². The van der Waals surface area contributed by atoms with Crippen LogP contribution in [-0.4, -0.2) is 19.6 Å². The summed E-state index contributed by atoms with van der Waals surface area (Å²) < 4.78 is 85.2. The number of hydrogen-bond donors (Lipinski definition) is 0. The van der Waals surface area contributed by atoms with Crippen molar-refractivity contribution in [1.29, 1.82) is 5.26 Å². The van der Waals surface area contributed by atoms with Gasteiger partial charge in [0, 0.05) is 11.1 Å². The summed E-state index contributed by atoms with van der Waals surface area (Å²) in [6.45, 7) is 0. The van der Waals surface area contributed by atoms with Crippen molar-refractivity contribution in [2.75, 3.05) is 0 Å². The van der Waals surface area contributed by atoms with Gasteiger partial charge >= 0.3 is 12.4 Å². The molecule has 0 saturated heterocycles. The molecule has 190 valence electrons. The van der Waals surface area contributed by atoms with Crippen molar-refractivity contribution in [3.63, 3.8) is 0 Å². The number of nitrogens with zero attached hydrogens (tertiary/aromatic N) is 5. The molecule has 0 atom stereocenters. The van der Waals surface area contributed by atoms with Gasteiger partial charge in [0.15, 0.2) is 0 Å². The van der Waals surface area contributed by atoms with Crippen molar-refractivity contribution >= 4 is 0 Å². The van der Waals surface area contributed by atoms with Crippen LogP contribution in [0.5, 0.6) is 0 Å². The number of halogens is 6. The van der Waals surface area contributed by atoms with Crippen LogP contribution >= 0.6 is 0 Å². The van der Waals surface area contributed by atoms with Gasteiger partial charge in [0.05, 0.1) is 22.8 Å². The van der Waals surface area contributed by atoms with E-state index < -0.39 is 29.3 Å². The minimum atomic E-state index is -4.87. The molecule has 0 radical (unpaired) electrons. The van der Waals surface area contributed by atoms with Crippen LogP contribution in [-0.2, 0) is 12.4 Å². The van der Waals surface area contributed by atoms with E-state index in [9.17, 15) is 31.6 Å². The molecule has 0 spiro atoms. The third-order valence-electron chi connectivity index (χ3n) is 5.73. The number of benzene rings is 3. The van der Waals surface area contributed by atoms with Crippen LogP contribution in [0.4, 0.5) is 26.3 Å². The Morgan fingerprint density at radius 3 is 1.32 bits per heavy atom. The zero-order valence-corrected chi connectivity index (χ0v) is 19.2. The summed E-state index contributed by atoms with van der Waals surface area (Å²) in [5.74, 6) is 0.